The lowest BCUT2D eigenvalue weighted by atomic mass is 10.1. The first kappa shape index (κ1) is 18.4. The molecule has 0 unspecified atom stereocenters. The lowest BCUT2D eigenvalue weighted by Gasteiger charge is -2.03. The van der Waals surface area contributed by atoms with Crippen molar-refractivity contribution in [2.45, 2.75) is 0 Å². The van der Waals surface area contributed by atoms with Crippen LogP contribution in [0, 0.1) is 0 Å². The molecule has 0 saturated heterocycles. The van der Waals surface area contributed by atoms with E-state index in [0.717, 1.165) is 34.2 Å². The zero-order valence-corrected chi connectivity index (χ0v) is 16.3. The van der Waals surface area contributed by atoms with Crippen LogP contribution in [-0.2, 0) is 0 Å². The molecular formula is C20H18Cl2N6. The maximum Gasteiger partial charge on any atom is 0.148 e. The second-order valence-corrected chi connectivity index (χ2v) is 7.07. The van der Waals surface area contributed by atoms with Crippen molar-refractivity contribution in [2.75, 3.05) is 23.7 Å². The smallest absolute Gasteiger partial charge is 0.148 e. The Morgan fingerprint density at radius 3 is 1.43 bits per heavy atom. The topological polar surface area (TPSA) is 81.4 Å². The van der Waals surface area contributed by atoms with Crippen LogP contribution in [0.3, 0.4) is 0 Å². The van der Waals surface area contributed by atoms with E-state index in [9.17, 15) is 0 Å². The average Bonchev–Trinajstić information content (AvgIpc) is 3.36. The number of aromatic nitrogens is 4. The highest BCUT2D eigenvalue weighted by molar-refractivity contribution is 6.30. The maximum atomic E-state index is 5.92. The van der Waals surface area contributed by atoms with Gasteiger partial charge in [0.05, 0.1) is 11.4 Å². The molecule has 2 aromatic carbocycles. The predicted molar refractivity (Wildman–Crippen MR) is 115 cm³/mol. The monoisotopic (exact) mass is 412 g/mol. The second kappa shape index (κ2) is 8.37. The van der Waals surface area contributed by atoms with E-state index in [2.05, 4.69) is 31.0 Å². The molecule has 0 bridgehead atoms. The Labute approximate surface area is 172 Å². The first-order chi connectivity index (χ1) is 13.7. The van der Waals surface area contributed by atoms with Crippen LogP contribution in [0.1, 0.15) is 0 Å². The van der Waals surface area contributed by atoms with Crippen LogP contribution in [-0.4, -0.2) is 33.5 Å². The Morgan fingerprint density at radius 2 is 1.04 bits per heavy atom. The number of aromatic amines is 2. The molecule has 2 aromatic heterocycles. The summed E-state index contributed by atoms with van der Waals surface area (Å²) in [5.74, 6) is 1.58. The van der Waals surface area contributed by atoms with Crippen molar-refractivity contribution in [3.05, 3.63) is 70.7 Å². The van der Waals surface area contributed by atoms with Gasteiger partial charge in [0.15, 0.2) is 0 Å². The number of hydrogen-bond acceptors (Lipinski definition) is 4. The molecule has 0 fully saturated rings. The van der Waals surface area contributed by atoms with Gasteiger partial charge in [0.2, 0.25) is 0 Å². The summed E-state index contributed by atoms with van der Waals surface area (Å²) in [6, 6.07) is 19.2. The van der Waals surface area contributed by atoms with Crippen LogP contribution in [0.25, 0.3) is 22.5 Å². The standard InChI is InChI=1S/C20H18Cl2N6/c21-15-5-1-13(2-6-15)17-11-19(27-25-17)23-9-10-24-20-12-18(26-28-20)14-3-7-16(22)8-4-14/h1-8,11-12H,9-10H2,(H2,23,25,27)(H2,24,26,28). The van der Waals surface area contributed by atoms with Crippen LogP contribution >= 0.6 is 23.2 Å². The van der Waals surface area contributed by atoms with E-state index in [-0.39, 0.29) is 0 Å². The van der Waals surface area contributed by atoms with Gasteiger partial charge >= 0.3 is 0 Å². The van der Waals surface area contributed by atoms with E-state index in [1.165, 1.54) is 0 Å². The third-order valence-electron chi connectivity index (χ3n) is 4.20. The van der Waals surface area contributed by atoms with E-state index >= 15 is 0 Å². The number of hydrogen-bond donors (Lipinski definition) is 4. The van der Waals surface area contributed by atoms with Crippen molar-refractivity contribution in [3.8, 4) is 22.5 Å². The molecule has 0 aliphatic heterocycles. The van der Waals surface area contributed by atoms with Gasteiger partial charge in [-0.3, -0.25) is 10.2 Å². The molecule has 4 aromatic rings. The summed E-state index contributed by atoms with van der Waals surface area (Å²) in [6.45, 7) is 1.40. The van der Waals surface area contributed by atoms with Gasteiger partial charge in [0, 0.05) is 35.3 Å². The normalized spacial score (nSPS) is 10.8. The fraction of sp³-hybridized carbons (Fsp3) is 0.100. The summed E-state index contributed by atoms with van der Waals surface area (Å²) >= 11 is 11.8. The van der Waals surface area contributed by atoms with Crippen LogP contribution in [0.15, 0.2) is 60.7 Å². The number of benzene rings is 2. The Bertz CT molecular complexity index is 952. The van der Waals surface area contributed by atoms with Gasteiger partial charge in [-0.05, 0) is 35.4 Å². The number of H-pyrrole nitrogens is 2. The summed E-state index contributed by atoms with van der Waals surface area (Å²) in [5.41, 5.74) is 3.95. The van der Waals surface area contributed by atoms with Crippen molar-refractivity contribution in [3.63, 3.8) is 0 Å². The molecule has 0 saturated carbocycles. The third-order valence-corrected chi connectivity index (χ3v) is 4.71. The van der Waals surface area contributed by atoms with Crippen molar-refractivity contribution in [2.24, 2.45) is 0 Å². The minimum Gasteiger partial charge on any atom is -0.367 e. The molecule has 28 heavy (non-hydrogen) atoms. The van der Waals surface area contributed by atoms with E-state index in [1.54, 1.807) is 0 Å². The zero-order chi connectivity index (χ0) is 19.3. The van der Waals surface area contributed by atoms with Crippen LogP contribution in [0.4, 0.5) is 11.6 Å². The minimum atomic E-state index is 0.702. The summed E-state index contributed by atoms with van der Waals surface area (Å²) < 4.78 is 0. The van der Waals surface area contributed by atoms with E-state index < -0.39 is 0 Å². The van der Waals surface area contributed by atoms with Gasteiger partial charge in [0.1, 0.15) is 11.6 Å². The molecule has 2 heterocycles. The molecular weight excluding hydrogens is 395 g/mol. The van der Waals surface area contributed by atoms with E-state index in [4.69, 9.17) is 23.2 Å². The van der Waals surface area contributed by atoms with Gasteiger partial charge in [-0.15, -0.1) is 0 Å². The summed E-state index contributed by atoms with van der Waals surface area (Å²) in [5, 5.41) is 22.6. The number of nitrogens with one attached hydrogen (secondary N) is 4. The predicted octanol–water partition coefficient (Wildman–Crippen LogP) is 5.30. The molecule has 8 heteroatoms. The molecule has 0 aliphatic rings. The molecule has 142 valence electrons. The maximum absolute atomic E-state index is 5.92. The lowest BCUT2D eigenvalue weighted by molar-refractivity contribution is 1.01. The second-order valence-electron chi connectivity index (χ2n) is 6.20. The first-order valence-corrected chi connectivity index (χ1v) is 9.53. The average molecular weight is 413 g/mol. The third kappa shape index (κ3) is 4.47. The number of halogens is 2. The Morgan fingerprint density at radius 1 is 0.643 bits per heavy atom. The lowest BCUT2D eigenvalue weighted by Crippen LogP contribution is -2.13. The van der Waals surface area contributed by atoms with Crippen LogP contribution < -0.4 is 10.6 Å². The SMILES string of the molecule is Clc1ccc(-c2cc(NCCNc3cc(-c4ccc(Cl)cc4)[nH]n3)n[nH]2)cc1. The fourth-order valence-electron chi connectivity index (χ4n) is 2.76. The fourth-order valence-corrected chi connectivity index (χ4v) is 3.01. The molecule has 0 radical (unpaired) electrons. The van der Waals surface area contributed by atoms with Crippen molar-refractivity contribution >= 4 is 34.8 Å². The molecule has 0 amide bonds. The molecule has 0 aliphatic carbocycles. The van der Waals surface area contributed by atoms with Crippen molar-refractivity contribution < 1.29 is 0 Å². The van der Waals surface area contributed by atoms with E-state index in [0.29, 0.717) is 23.1 Å². The highest BCUT2D eigenvalue weighted by Gasteiger charge is 2.05. The Balaban J connectivity index is 1.27. The highest BCUT2D eigenvalue weighted by Crippen LogP contribution is 2.22. The van der Waals surface area contributed by atoms with Gasteiger partial charge < -0.3 is 10.6 Å². The zero-order valence-electron chi connectivity index (χ0n) is 14.8. The number of anilines is 2. The van der Waals surface area contributed by atoms with Crippen LogP contribution in [0.2, 0.25) is 10.0 Å². The minimum absolute atomic E-state index is 0.702. The van der Waals surface area contributed by atoms with E-state index in [1.807, 2.05) is 60.7 Å². The number of nitrogens with zero attached hydrogens (tertiary/aromatic N) is 2. The summed E-state index contributed by atoms with van der Waals surface area (Å²) in [4.78, 5) is 0. The molecule has 4 N–H and O–H groups in total. The molecule has 0 atom stereocenters. The van der Waals surface area contributed by atoms with Gasteiger partial charge in [0.25, 0.3) is 0 Å². The van der Waals surface area contributed by atoms with Crippen molar-refractivity contribution in [1.29, 1.82) is 0 Å². The Hall–Kier alpha value is -2.96. The molecule has 4 rings (SSSR count). The highest BCUT2D eigenvalue weighted by atomic mass is 35.5. The first-order valence-electron chi connectivity index (χ1n) is 8.78. The van der Waals surface area contributed by atoms with Gasteiger partial charge in [-0.2, -0.15) is 10.2 Å². The van der Waals surface area contributed by atoms with Gasteiger partial charge in [-0.25, -0.2) is 0 Å². The van der Waals surface area contributed by atoms with Crippen molar-refractivity contribution in [1.82, 2.24) is 20.4 Å². The summed E-state index contributed by atoms with van der Waals surface area (Å²) in [6.07, 6.45) is 0. The largest absolute Gasteiger partial charge is 0.367 e. The quantitative estimate of drug-likeness (QED) is 0.310. The van der Waals surface area contributed by atoms with Crippen LogP contribution in [0.5, 0.6) is 0 Å². The summed E-state index contributed by atoms with van der Waals surface area (Å²) in [7, 11) is 0. The Kier molecular flexibility index (Phi) is 5.50. The number of rotatable bonds is 7. The molecule has 6 nitrogen and oxygen atoms in total. The van der Waals surface area contributed by atoms with Gasteiger partial charge in [-0.1, -0.05) is 47.5 Å². The molecule has 0 spiro atoms.